The van der Waals surface area contributed by atoms with E-state index in [0.29, 0.717) is 69.1 Å². The zero-order chi connectivity index (χ0) is 115. The SMILES string of the molecule is CC(C)(I)C(=O)OCCc1cc2ccccc2[nH]1.CC(I)C(=O)OCCC[NH+]1CCS(=O)(=O)CC1.COC(=O)C([O-])(C(F)(F)F)C(F)(F)F.COC(=O)C([O-])(C(F)(F)F)C(F)(F)F.O=C(CCI)OCC[NH2+]Cc1ccccc1.O=C(OCCOC(=O)C([O-])(C(F)(F)F)C(F)(F)F)c1cc(I)cc(I)c1I.O=C(OCC[NH2+]C1CCCCC1)C(I)c1ccc([N+](=O)[O-])cc1.O=C(OCc1ccccc1)C([O-])(C(F)(F)F)C(F)(F)F. The molecule has 1 aliphatic heterocycles. The average molecular weight is 2990 g/mol. The van der Waals surface area contributed by atoms with Crippen molar-refractivity contribution in [3.8, 4) is 0 Å². The number of aromatic amines is 1. The van der Waals surface area contributed by atoms with E-state index < -0.39 is 144 Å². The number of ether oxygens (including phenoxy) is 9. The minimum atomic E-state index is -6.45. The third kappa shape index (κ3) is 46.4. The van der Waals surface area contributed by atoms with Crippen molar-refractivity contribution in [1.82, 2.24) is 4.98 Å². The van der Waals surface area contributed by atoms with Crippen LogP contribution in [0.2, 0.25) is 0 Å². The van der Waals surface area contributed by atoms with Crippen LogP contribution in [0, 0.1) is 20.8 Å². The molecule has 1 saturated heterocycles. The molecule has 8 rings (SSSR count). The van der Waals surface area contributed by atoms with Crippen molar-refractivity contribution < 1.29 is 240 Å². The highest BCUT2D eigenvalue weighted by Crippen LogP contribution is 2.46. The van der Waals surface area contributed by atoms with Gasteiger partial charge in [0.2, 0.25) is 0 Å². The van der Waals surface area contributed by atoms with Crippen molar-refractivity contribution in [3.05, 3.63) is 176 Å². The van der Waals surface area contributed by atoms with E-state index >= 15 is 0 Å². The number of para-hydroxylation sites is 1. The van der Waals surface area contributed by atoms with Crippen LogP contribution in [0.4, 0.5) is 111 Å². The molecule has 6 N–H and O–H groups in total. The Morgan fingerprint density at radius 2 is 0.940 bits per heavy atom. The van der Waals surface area contributed by atoms with Crippen molar-refractivity contribution in [1.29, 1.82) is 0 Å². The van der Waals surface area contributed by atoms with Crippen LogP contribution < -0.4 is 36.0 Å². The number of hydrogen-bond donors (Lipinski definition) is 4. The Kier molecular flexibility index (Phi) is 59.9. The maximum absolute atomic E-state index is 12.4. The summed E-state index contributed by atoms with van der Waals surface area (Å²) in [6.45, 7) is 9.16. The Balaban J connectivity index is 0.000000859. The van der Waals surface area contributed by atoms with Crippen molar-refractivity contribution in [2.24, 2.45) is 0 Å². The normalized spacial score (nSPS) is 14.3. The number of methoxy groups -OCH3 is 2. The fourth-order valence-corrected chi connectivity index (χ4v) is 16.5. The second kappa shape index (κ2) is 63.5. The number of fused-ring (bicyclic) bond motifs is 1. The van der Waals surface area contributed by atoms with Crippen LogP contribution in [0.1, 0.15) is 102 Å². The van der Waals surface area contributed by atoms with Crippen LogP contribution in [0.15, 0.2) is 127 Å². The quantitative estimate of drug-likeness (QED) is 0.00342. The monoisotopic (exact) mass is 2990 g/mol. The predicted molar refractivity (Wildman–Crippen MR) is 526 cm³/mol. The number of rotatable bonds is 33. The van der Waals surface area contributed by atoms with E-state index in [1.54, 1.807) is 25.1 Å². The molecule has 2 fully saturated rings. The summed E-state index contributed by atoms with van der Waals surface area (Å²) in [5.74, 6) is -13.0. The summed E-state index contributed by atoms with van der Waals surface area (Å²) >= 11 is 14.0. The highest BCUT2D eigenvalue weighted by Gasteiger charge is 2.71. The number of nitro benzene ring substituents is 1. The smallest absolute Gasteiger partial charge is 0.399 e. The van der Waals surface area contributed by atoms with Crippen molar-refractivity contribution >= 4 is 238 Å². The van der Waals surface area contributed by atoms with E-state index in [9.17, 15) is 187 Å². The Morgan fingerprint density at radius 3 is 1.38 bits per heavy atom. The van der Waals surface area contributed by atoms with E-state index in [0.717, 1.165) is 53.8 Å². The lowest BCUT2D eigenvalue weighted by molar-refractivity contribution is -0.896. The van der Waals surface area contributed by atoms with Crippen LogP contribution in [-0.4, -0.2) is 260 Å². The number of nitrogens with zero attached hydrogens (tertiary/aromatic N) is 1. The number of nitrogens with one attached hydrogen (secondary N) is 2. The van der Waals surface area contributed by atoms with Crippen LogP contribution in [0.5, 0.6) is 0 Å². The number of halogens is 31. The van der Waals surface area contributed by atoms with Gasteiger partial charge in [-0.1, -0.05) is 188 Å². The fourth-order valence-electron chi connectivity index (χ4n) is 11.3. The third-order valence-electron chi connectivity index (χ3n) is 19.4. The Bertz CT molecular complexity index is 5180. The molecule has 1 saturated carbocycles. The average Bonchev–Trinajstić information content (AvgIpc) is 1.32. The Morgan fingerprint density at radius 1 is 0.510 bits per heavy atom. The summed E-state index contributed by atoms with van der Waals surface area (Å²) in [7, 11) is -2.27. The first-order valence-electron chi connectivity index (χ1n) is 42.3. The molecule has 2 atom stereocenters. The topological polar surface area (TPSA) is 460 Å². The zero-order valence-corrected chi connectivity index (χ0v) is 93.6. The molecule has 63 heteroatoms. The van der Waals surface area contributed by atoms with Gasteiger partial charge in [0.25, 0.3) is 5.69 Å². The summed E-state index contributed by atoms with van der Waals surface area (Å²) in [5, 5.41) is 59.0. The van der Waals surface area contributed by atoms with Gasteiger partial charge in [0.1, 0.15) is 63.9 Å². The first kappa shape index (κ1) is 140. The molecule has 149 heavy (non-hydrogen) atoms. The lowest BCUT2D eigenvalue weighted by Gasteiger charge is -2.40. The summed E-state index contributed by atoms with van der Waals surface area (Å²) in [4.78, 5) is 115. The zero-order valence-electron chi connectivity index (χ0n) is 77.7. The summed E-state index contributed by atoms with van der Waals surface area (Å²) in [5.41, 5.74) is -18.7. The van der Waals surface area contributed by atoms with Gasteiger partial charge in [-0.15, -0.1) is 0 Å². The molecule has 2 heterocycles. The maximum atomic E-state index is 12.4. The number of alkyl halides is 28. The van der Waals surface area contributed by atoms with Gasteiger partial charge in [-0.05, 0) is 155 Å². The van der Waals surface area contributed by atoms with Gasteiger partial charge in [-0.2, -0.15) is 105 Å². The number of H-pyrrole nitrogens is 1. The number of carbonyl (C=O) groups excluding carboxylic acids is 9. The van der Waals surface area contributed by atoms with Gasteiger partial charge in [0, 0.05) is 56.9 Å². The van der Waals surface area contributed by atoms with E-state index in [2.05, 4.69) is 109 Å². The lowest BCUT2D eigenvalue weighted by Crippen LogP contribution is -3.14. The lowest BCUT2D eigenvalue weighted by atomic mass is 9.96. The maximum Gasteiger partial charge on any atom is 0.399 e. The summed E-state index contributed by atoms with van der Waals surface area (Å²) in [6, 6.07) is 37.4. The second-order valence-corrected chi connectivity index (χ2v) is 43.7. The highest BCUT2D eigenvalue weighted by molar-refractivity contribution is 14.1. The van der Waals surface area contributed by atoms with Gasteiger partial charge in [0.15, 0.2) is 32.2 Å². The number of sulfone groups is 1. The number of non-ortho nitro benzene ring substituents is 1. The molecule has 6 aromatic rings. The fraction of sp³-hybridized carbons (Fsp3) is 0.523. The molecular formula is C86H93F24I7N5O26S-. The molecule has 5 aromatic carbocycles. The molecule has 0 spiro atoms. The number of benzene rings is 5. The van der Waals surface area contributed by atoms with Crippen LogP contribution in [0.25, 0.3) is 10.9 Å². The molecular weight excluding hydrogens is 2900 g/mol. The molecule has 1 aromatic heterocycles. The van der Waals surface area contributed by atoms with Crippen LogP contribution in [-0.2, 0) is 110 Å². The molecule has 0 amide bonds. The van der Waals surface area contributed by atoms with Gasteiger partial charge < -0.3 is 83.6 Å². The second-order valence-electron chi connectivity index (χ2n) is 31.0. The number of hydrogen-bond acceptors (Lipinski definition) is 26. The molecule has 0 bridgehead atoms. The van der Waals surface area contributed by atoms with Gasteiger partial charge >= 0.3 is 103 Å². The number of quaternary nitrogens is 3. The van der Waals surface area contributed by atoms with E-state index in [-0.39, 0.29) is 70.3 Å². The molecule has 842 valence electrons. The van der Waals surface area contributed by atoms with Crippen molar-refractivity contribution in [2.75, 3.05) is 103 Å². The highest BCUT2D eigenvalue weighted by atomic mass is 127. The van der Waals surface area contributed by atoms with Gasteiger partial charge in [-0.3, -0.25) is 48.5 Å². The Hall–Kier alpha value is -6.63. The minimum absolute atomic E-state index is 0.0211. The number of carbonyl (C=O) groups is 9. The summed E-state index contributed by atoms with van der Waals surface area (Å²) in [6.07, 6.45) is -42.3. The van der Waals surface area contributed by atoms with Crippen molar-refractivity contribution in [3.63, 3.8) is 0 Å². The molecule has 1 aliphatic carbocycles. The van der Waals surface area contributed by atoms with E-state index in [4.69, 9.17) is 18.9 Å². The minimum Gasteiger partial charge on any atom is -0.828 e. The van der Waals surface area contributed by atoms with E-state index in [1.807, 2.05) is 163 Å². The number of nitro groups is 1. The molecule has 31 nitrogen and oxygen atoms in total. The number of nitrogens with two attached hydrogens (primary N) is 2. The molecule has 2 unspecified atom stereocenters. The van der Waals surface area contributed by atoms with Gasteiger partial charge in [0.05, 0.1) is 81.5 Å². The molecule has 2 aliphatic rings. The van der Waals surface area contributed by atoms with Crippen LogP contribution >= 0.6 is 158 Å². The Labute approximate surface area is 928 Å². The first-order chi connectivity index (χ1) is 68.4. The molecule has 0 radical (unpaired) electrons. The van der Waals surface area contributed by atoms with Crippen LogP contribution in [0.3, 0.4) is 0 Å². The largest absolute Gasteiger partial charge is 0.828 e. The first-order valence-corrected chi connectivity index (χ1v) is 52.5. The van der Waals surface area contributed by atoms with Gasteiger partial charge in [-0.25, -0.2) is 13.2 Å². The number of esters is 9. The van der Waals surface area contributed by atoms with E-state index in [1.165, 1.54) is 96.5 Å². The third-order valence-corrected chi connectivity index (χ3v) is 27.4. The van der Waals surface area contributed by atoms with Crippen molar-refractivity contribution in [2.45, 2.75) is 174 Å². The predicted octanol–water partition coefficient (Wildman–Crippen LogP) is 12.3. The number of aromatic nitrogens is 1. The summed E-state index contributed by atoms with van der Waals surface area (Å²) < 4.78 is 352. The standard InChI is InChI=1S/C16H21IN2O4.C14H16INO2.C13H6F6I3O5.C12H16INO2.C11H7F6O3.C10H18INO4S.2C5H3F6O3/c17-15(12-6-8-14(9-7-12)19(21)22)16(20)23-11-10-18-13-4-2-1-3-5-13;1-14(2,15)13(17)18-8-7-11-9-10-5-3-4-6-12(10)16-11;14-12(15,16)11(25,13(17,18)19)10(24)27-2-1-26-9(23)6-3-5(20)4-7(21)8(6)22;13-7-6-12(15)16-9-8-14-10-11-4-2-1-3-5-11;12-10(13,14)9(19,11(15,16)17)8(18)20-6-7-4-2-1-3-5-7;1-9(11)10(13)16-6-2-3-12-4-7-17(14,15)8-5-12;2*1-14-2(12)3(13,4(6,7)8)5(9,10)11/h6-9,13,15,18H,1-5,10-11H2;3-6,9,16H,7-8H2,1-2H3;3-4H,1-2H2;1-5,14H,6-10H2;1-5H,6H2;9H,2-8H2,1H3;2*1H3/q;;-1;;-1;;2*-1/p+3.